The van der Waals surface area contributed by atoms with Gasteiger partial charge in [-0.05, 0) is 0 Å². The summed E-state index contributed by atoms with van der Waals surface area (Å²) < 4.78 is 49.2. The number of pyridine rings is 1. The fourth-order valence-electron chi connectivity index (χ4n) is 1.07. The molecular weight excluding hydrogens is 274 g/mol. The van der Waals surface area contributed by atoms with E-state index >= 15 is 0 Å². The number of nitrogen functional groups attached to an aromatic ring is 1. The molecule has 1 aromatic heterocycles. The van der Waals surface area contributed by atoms with Crippen LogP contribution in [0.2, 0.25) is 0 Å². The number of hydrazine groups is 1. The first kappa shape index (κ1) is 14.9. The van der Waals surface area contributed by atoms with Gasteiger partial charge in [0.25, 0.3) is 5.69 Å². The first-order chi connectivity index (χ1) is 8.76. The van der Waals surface area contributed by atoms with Crippen molar-refractivity contribution in [2.75, 3.05) is 17.3 Å². The van der Waals surface area contributed by atoms with E-state index in [1.165, 1.54) is 0 Å². The van der Waals surface area contributed by atoms with E-state index in [2.05, 4.69) is 4.98 Å². The maximum absolute atomic E-state index is 12.7. The van der Waals surface area contributed by atoms with Gasteiger partial charge in [-0.15, -0.1) is 0 Å². The highest BCUT2D eigenvalue weighted by Gasteiger charge is 2.40. The Kier molecular flexibility index (Phi) is 4.43. The number of nitrogens with zero attached hydrogens (tertiary/aromatic N) is 2. The number of aromatic nitrogens is 1. The first-order valence-corrected chi connectivity index (χ1v) is 4.79. The summed E-state index contributed by atoms with van der Waals surface area (Å²) in [4.78, 5) is 13.3. The molecule has 0 aliphatic carbocycles. The summed E-state index contributed by atoms with van der Waals surface area (Å²) in [5.41, 5.74) is 1.51. The Morgan fingerprint density at radius 3 is 2.47 bits per heavy atom. The molecule has 1 rings (SSSR count). The number of hydrogen-bond acceptors (Lipinski definition) is 6. The molecule has 0 amide bonds. The molecule has 0 unspecified atom stereocenters. The van der Waals surface area contributed by atoms with Gasteiger partial charge in [0.2, 0.25) is 0 Å². The first-order valence-electron chi connectivity index (χ1n) is 4.79. The van der Waals surface area contributed by atoms with Crippen molar-refractivity contribution in [3.8, 4) is 0 Å². The molecule has 19 heavy (non-hydrogen) atoms. The van der Waals surface area contributed by atoms with E-state index in [-0.39, 0.29) is 11.6 Å². The van der Waals surface area contributed by atoms with Crippen molar-refractivity contribution in [2.24, 2.45) is 5.84 Å². The van der Waals surface area contributed by atoms with Crippen LogP contribution in [0.1, 0.15) is 0 Å². The number of hydrogen-bond donors (Lipinski definition) is 3. The molecule has 7 nitrogen and oxygen atoms in total. The van der Waals surface area contributed by atoms with E-state index in [9.17, 15) is 27.7 Å². The number of alkyl halides is 4. The molecule has 1 aromatic rings. The van der Waals surface area contributed by atoms with Crippen LogP contribution in [0, 0.1) is 10.1 Å². The van der Waals surface area contributed by atoms with Crippen LogP contribution in [0.3, 0.4) is 0 Å². The third-order valence-corrected chi connectivity index (χ3v) is 1.99. The summed E-state index contributed by atoms with van der Waals surface area (Å²) in [7, 11) is 0. The molecule has 1 heterocycles. The Morgan fingerprint density at radius 2 is 2.00 bits per heavy atom. The Bertz CT molecular complexity index is 470. The third kappa shape index (κ3) is 3.91. The predicted octanol–water partition coefficient (Wildman–Crippen LogP) is 1.59. The van der Waals surface area contributed by atoms with Crippen LogP contribution >= 0.6 is 0 Å². The molecule has 0 atom stereocenters. The van der Waals surface area contributed by atoms with Crippen molar-refractivity contribution >= 4 is 17.3 Å². The summed E-state index contributed by atoms with van der Waals surface area (Å²) in [6.45, 7) is -1.41. The lowest BCUT2D eigenvalue weighted by molar-refractivity contribution is -0.384. The van der Waals surface area contributed by atoms with E-state index in [0.717, 1.165) is 12.1 Å². The van der Waals surface area contributed by atoms with Gasteiger partial charge >= 0.3 is 12.3 Å². The fourth-order valence-corrected chi connectivity index (χ4v) is 1.07. The van der Waals surface area contributed by atoms with E-state index in [1.54, 1.807) is 0 Å². The van der Waals surface area contributed by atoms with Gasteiger partial charge in [-0.3, -0.25) is 10.1 Å². The average Bonchev–Trinajstić information content (AvgIpc) is 2.35. The Morgan fingerprint density at radius 1 is 1.42 bits per heavy atom. The van der Waals surface area contributed by atoms with Crippen LogP contribution < -0.4 is 16.6 Å². The van der Waals surface area contributed by atoms with Crippen molar-refractivity contribution < 1.29 is 22.5 Å². The van der Waals surface area contributed by atoms with Crippen LogP contribution in [-0.2, 0) is 0 Å². The van der Waals surface area contributed by atoms with Crippen molar-refractivity contribution in [1.82, 2.24) is 4.98 Å². The number of nitrogens with two attached hydrogens (primary N) is 1. The molecule has 0 radical (unpaired) electrons. The van der Waals surface area contributed by atoms with Gasteiger partial charge in [0, 0.05) is 0 Å². The zero-order valence-corrected chi connectivity index (χ0v) is 9.24. The lowest BCUT2D eigenvalue weighted by Crippen LogP contribution is -2.35. The Balaban J connectivity index is 2.89. The number of nitro groups is 1. The Hall–Kier alpha value is -2.17. The molecule has 0 aliphatic rings. The van der Waals surface area contributed by atoms with E-state index in [4.69, 9.17) is 5.84 Å². The molecule has 0 saturated heterocycles. The smallest absolute Gasteiger partial charge is 0.324 e. The highest BCUT2D eigenvalue weighted by Crippen LogP contribution is 2.25. The second-order valence-electron chi connectivity index (χ2n) is 3.41. The zero-order chi connectivity index (χ0) is 14.6. The highest BCUT2D eigenvalue weighted by atomic mass is 19.3. The maximum Gasteiger partial charge on any atom is 0.324 e. The second kappa shape index (κ2) is 5.65. The molecule has 0 fully saturated rings. The number of halogens is 4. The maximum atomic E-state index is 12.7. The van der Waals surface area contributed by atoms with Gasteiger partial charge in [0.15, 0.2) is 0 Å². The van der Waals surface area contributed by atoms with E-state index in [0.29, 0.717) is 0 Å². The summed E-state index contributed by atoms with van der Waals surface area (Å²) in [5, 5.41) is 12.4. The van der Waals surface area contributed by atoms with Gasteiger partial charge < -0.3 is 10.7 Å². The van der Waals surface area contributed by atoms with Crippen LogP contribution in [0.15, 0.2) is 12.1 Å². The van der Waals surface area contributed by atoms with Gasteiger partial charge in [-0.25, -0.2) is 19.6 Å². The summed E-state index contributed by atoms with van der Waals surface area (Å²) in [6, 6.07) is 1.78. The number of rotatable bonds is 6. The monoisotopic (exact) mass is 283 g/mol. The summed E-state index contributed by atoms with van der Waals surface area (Å²) >= 11 is 0. The topological polar surface area (TPSA) is 106 Å². The van der Waals surface area contributed by atoms with E-state index < -0.39 is 29.5 Å². The molecular formula is C8H9F4N5O2. The molecule has 11 heteroatoms. The number of nitrogens with one attached hydrogen (secondary N) is 2. The largest absolute Gasteiger partial charge is 0.364 e. The standard InChI is InChI=1S/C8H9F4N5O2/c9-7(10)8(11,12)3-14-5-1-4(17(18)19)2-6(15-5)16-13/h1-2,7H,3,13H2,(H2,14,15,16). The predicted molar refractivity (Wildman–Crippen MR) is 58.1 cm³/mol. The molecule has 0 saturated carbocycles. The van der Waals surface area contributed by atoms with Crippen LogP contribution in [0.5, 0.6) is 0 Å². The SMILES string of the molecule is NNc1cc([N+](=O)[O-])cc(NCC(F)(F)C(F)F)n1. The summed E-state index contributed by atoms with van der Waals surface area (Å²) in [6.07, 6.45) is -3.86. The van der Waals surface area contributed by atoms with Crippen molar-refractivity contribution in [3.63, 3.8) is 0 Å². The molecule has 0 aliphatic heterocycles. The van der Waals surface area contributed by atoms with Crippen molar-refractivity contribution in [2.45, 2.75) is 12.3 Å². The van der Waals surface area contributed by atoms with Crippen molar-refractivity contribution in [3.05, 3.63) is 22.2 Å². The lowest BCUT2D eigenvalue weighted by Gasteiger charge is -2.16. The molecule has 0 spiro atoms. The molecule has 0 bridgehead atoms. The molecule has 106 valence electrons. The minimum atomic E-state index is -4.28. The average molecular weight is 283 g/mol. The van der Waals surface area contributed by atoms with Gasteiger partial charge in [0.1, 0.15) is 11.6 Å². The van der Waals surface area contributed by atoms with Crippen LogP contribution in [0.4, 0.5) is 34.9 Å². The highest BCUT2D eigenvalue weighted by molar-refractivity contribution is 5.54. The summed E-state index contributed by atoms with van der Waals surface area (Å²) in [5.74, 6) is 0.170. The van der Waals surface area contributed by atoms with Gasteiger partial charge in [0.05, 0.1) is 23.6 Å². The fraction of sp³-hybridized carbons (Fsp3) is 0.375. The van der Waals surface area contributed by atoms with Crippen LogP contribution in [-0.4, -0.2) is 28.8 Å². The number of anilines is 2. The van der Waals surface area contributed by atoms with Gasteiger partial charge in [-0.1, -0.05) is 0 Å². The third-order valence-electron chi connectivity index (χ3n) is 1.99. The van der Waals surface area contributed by atoms with Gasteiger partial charge in [-0.2, -0.15) is 8.78 Å². The van der Waals surface area contributed by atoms with Crippen LogP contribution in [0.25, 0.3) is 0 Å². The second-order valence-corrected chi connectivity index (χ2v) is 3.41. The quantitative estimate of drug-likeness (QED) is 0.317. The minimum absolute atomic E-state index is 0.169. The molecule has 4 N–H and O–H groups in total. The van der Waals surface area contributed by atoms with Crippen molar-refractivity contribution in [1.29, 1.82) is 0 Å². The van der Waals surface area contributed by atoms with E-state index in [1.807, 2.05) is 10.7 Å². The Labute approximate surface area is 103 Å². The lowest BCUT2D eigenvalue weighted by atomic mass is 10.3. The zero-order valence-electron chi connectivity index (χ0n) is 9.24. The minimum Gasteiger partial charge on any atom is -0.364 e. The normalized spacial score (nSPS) is 11.5. The molecule has 0 aromatic carbocycles.